The molecule has 0 atom stereocenters. The van der Waals surface area contributed by atoms with Gasteiger partial charge in [-0.15, -0.1) is 0 Å². The van der Waals surface area contributed by atoms with Crippen molar-refractivity contribution in [3.8, 4) is 0 Å². The Labute approximate surface area is 145 Å². The van der Waals surface area contributed by atoms with Crippen molar-refractivity contribution >= 4 is 34.4 Å². The van der Waals surface area contributed by atoms with Crippen molar-refractivity contribution in [2.24, 2.45) is 0 Å². The number of amides is 1. The number of hydrogen-bond acceptors (Lipinski definition) is 4. The van der Waals surface area contributed by atoms with E-state index in [-0.39, 0.29) is 19.1 Å². The first-order chi connectivity index (χ1) is 11.6. The summed E-state index contributed by atoms with van der Waals surface area (Å²) < 4.78 is 4.79. The molecule has 0 saturated carbocycles. The Kier molecular flexibility index (Phi) is 5.00. The number of esters is 1. The van der Waals surface area contributed by atoms with Gasteiger partial charge in [0, 0.05) is 16.6 Å². The van der Waals surface area contributed by atoms with E-state index in [1.54, 1.807) is 19.1 Å². The third-order valence-electron chi connectivity index (χ3n) is 4.15. The van der Waals surface area contributed by atoms with Crippen molar-refractivity contribution in [3.05, 3.63) is 40.0 Å². The van der Waals surface area contributed by atoms with Crippen molar-refractivity contribution in [1.29, 1.82) is 0 Å². The second kappa shape index (κ2) is 7.18. The zero-order valence-corrected chi connectivity index (χ0v) is 14.3. The van der Waals surface area contributed by atoms with Crippen LogP contribution in [0.2, 0.25) is 5.02 Å². The lowest BCUT2D eigenvalue weighted by atomic mass is 9.94. The Hall–Kier alpha value is -2.14. The van der Waals surface area contributed by atoms with Gasteiger partial charge in [0.2, 0.25) is 0 Å². The molecular weight excluding hydrogens is 328 g/mol. The fourth-order valence-electron chi connectivity index (χ4n) is 2.97. The Morgan fingerprint density at radius 1 is 1.29 bits per heavy atom. The number of carbonyl (C=O) groups excluding carboxylic acids is 2. The molecular formula is C18H19ClN2O3. The number of nitrogens with zero attached hydrogens (tertiary/aromatic N) is 1. The number of aromatic nitrogens is 1. The van der Waals surface area contributed by atoms with E-state index < -0.39 is 5.97 Å². The molecule has 0 unspecified atom stereocenters. The number of ether oxygens (including phenoxy) is 1. The number of fused-ring (bicyclic) bond motifs is 2. The first kappa shape index (κ1) is 16.7. The summed E-state index contributed by atoms with van der Waals surface area (Å²) in [6, 6.07) is 5.24. The number of carbonyl (C=O) groups is 2. The van der Waals surface area contributed by atoms with Crippen LogP contribution in [0.15, 0.2) is 18.2 Å². The minimum atomic E-state index is -0.457. The van der Waals surface area contributed by atoms with Crippen LogP contribution in [-0.4, -0.2) is 30.0 Å². The van der Waals surface area contributed by atoms with Crippen LogP contribution in [0.1, 0.15) is 41.4 Å². The van der Waals surface area contributed by atoms with Gasteiger partial charge in [0.05, 0.1) is 17.1 Å². The summed E-state index contributed by atoms with van der Waals surface area (Å²) in [6.45, 7) is 1.86. The highest BCUT2D eigenvalue weighted by atomic mass is 35.5. The Morgan fingerprint density at radius 3 is 2.88 bits per heavy atom. The summed E-state index contributed by atoms with van der Waals surface area (Å²) in [6.07, 6.45) is 4.12. The number of hydrogen-bond donors (Lipinski definition) is 1. The van der Waals surface area contributed by atoms with Gasteiger partial charge in [-0.3, -0.25) is 14.6 Å². The standard InChI is InChI=1S/C18H19ClN2O3/c1-2-24-16(22)10-20-18(23)11-7-8-13-15(9-11)21-14-6-4-3-5-12(14)17(13)19/h7-9H,2-6,10H2,1H3,(H,20,23). The second-order valence-electron chi connectivity index (χ2n) is 5.78. The minimum Gasteiger partial charge on any atom is -0.465 e. The molecule has 1 amide bonds. The molecule has 24 heavy (non-hydrogen) atoms. The largest absolute Gasteiger partial charge is 0.465 e. The molecule has 1 aliphatic rings. The van der Waals surface area contributed by atoms with E-state index in [1.807, 2.05) is 6.07 Å². The number of benzene rings is 1. The normalized spacial score (nSPS) is 13.4. The highest BCUT2D eigenvalue weighted by molar-refractivity contribution is 6.36. The molecule has 2 aromatic rings. The summed E-state index contributed by atoms with van der Waals surface area (Å²) in [4.78, 5) is 28.2. The van der Waals surface area contributed by atoms with E-state index in [9.17, 15) is 9.59 Å². The molecule has 5 nitrogen and oxygen atoms in total. The number of rotatable bonds is 4. The van der Waals surface area contributed by atoms with Crippen molar-refractivity contribution < 1.29 is 14.3 Å². The fraction of sp³-hybridized carbons (Fsp3) is 0.389. The predicted octanol–water partition coefficient (Wildman–Crippen LogP) is 3.06. The average molecular weight is 347 g/mol. The first-order valence-electron chi connectivity index (χ1n) is 8.15. The van der Waals surface area contributed by atoms with Gasteiger partial charge in [0.15, 0.2) is 0 Å². The zero-order chi connectivity index (χ0) is 17.1. The fourth-order valence-corrected chi connectivity index (χ4v) is 3.34. The van der Waals surface area contributed by atoms with Gasteiger partial charge in [-0.05, 0) is 50.3 Å². The molecule has 6 heteroatoms. The number of pyridine rings is 1. The lowest BCUT2D eigenvalue weighted by molar-refractivity contribution is -0.141. The molecule has 0 radical (unpaired) electrons. The average Bonchev–Trinajstić information content (AvgIpc) is 2.59. The predicted molar refractivity (Wildman–Crippen MR) is 92.4 cm³/mol. The maximum absolute atomic E-state index is 12.2. The summed E-state index contributed by atoms with van der Waals surface area (Å²) in [5.41, 5.74) is 3.33. The molecule has 0 spiro atoms. The van der Waals surface area contributed by atoms with Crippen molar-refractivity contribution in [2.45, 2.75) is 32.6 Å². The maximum Gasteiger partial charge on any atom is 0.325 e. The molecule has 1 aromatic carbocycles. The molecule has 1 N–H and O–H groups in total. The van der Waals surface area contributed by atoms with Crippen LogP contribution in [0.5, 0.6) is 0 Å². The molecule has 0 aliphatic heterocycles. The Morgan fingerprint density at radius 2 is 2.08 bits per heavy atom. The highest BCUT2D eigenvalue weighted by Gasteiger charge is 2.18. The van der Waals surface area contributed by atoms with E-state index in [4.69, 9.17) is 16.3 Å². The van der Waals surface area contributed by atoms with E-state index in [0.29, 0.717) is 11.1 Å². The molecule has 0 saturated heterocycles. The smallest absolute Gasteiger partial charge is 0.325 e. The lowest BCUT2D eigenvalue weighted by Crippen LogP contribution is -2.30. The van der Waals surface area contributed by atoms with Crippen LogP contribution in [0.25, 0.3) is 10.9 Å². The van der Waals surface area contributed by atoms with Crippen LogP contribution < -0.4 is 5.32 Å². The van der Waals surface area contributed by atoms with Gasteiger partial charge in [-0.2, -0.15) is 0 Å². The maximum atomic E-state index is 12.2. The Balaban J connectivity index is 1.85. The topological polar surface area (TPSA) is 68.3 Å². The van der Waals surface area contributed by atoms with E-state index in [1.165, 1.54) is 0 Å². The summed E-state index contributed by atoms with van der Waals surface area (Å²) >= 11 is 6.53. The summed E-state index contributed by atoms with van der Waals surface area (Å²) in [5, 5.41) is 4.16. The number of aryl methyl sites for hydroxylation is 1. The van der Waals surface area contributed by atoms with Gasteiger partial charge in [0.1, 0.15) is 6.54 Å². The van der Waals surface area contributed by atoms with E-state index in [2.05, 4.69) is 10.3 Å². The van der Waals surface area contributed by atoms with Gasteiger partial charge in [-0.1, -0.05) is 17.7 Å². The monoisotopic (exact) mass is 346 g/mol. The van der Waals surface area contributed by atoms with Crippen LogP contribution in [0.3, 0.4) is 0 Å². The van der Waals surface area contributed by atoms with Crippen LogP contribution in [-0.2, 0) is 22.4 Å². The molecule has 1 aliphatic carbocycles. The van der Waals surface area contributed by atoms with E-state index >= 15 is 0 Å². The van der Waals surface area contributed by atoms with Gasteiger partial charge >= 0.3 is 5.97 Å². The van der Waals surface area contributed by atoms with E-state index in [0.717, 1.165) is 47.3 Å². The van der Waals surface area contributed by atoms with Crippen molar-refractivity contribution in [1.82, 2.24) is 10.3 Å². The molecule has 126 valence electrons. The number of halogens is 1. The molecule has 1 heterocycles. The van der Waals surface area contributed by atoms with Crippen LogP contribution in [0.4, 0.5) is 0 Å². The second-order valence-corrected chi connectivity index (χ2v) is 6.16. The van der Waals surface area contributed by atoms with Gasteiger partial charge in [0.25, 0.3) is 5.91 Å². The highest BCUT2D eigenvalue weighted by Crippen LogP contribution is 2.33. The Bertz CT molecular complexity index is 804. The first-order valence-corrected chi connectivity index (χ1v) is 8.52. The third-order valence-corrected chi connectivity index (χ3v) is 4.59. The quantitative estimate of drug-likeness (QED) is 0.864. The molecule has 1 aromatic heterocycles. The van der Waals surface area contributed by atoms with Crippen LogP contribution >= 0.6 is 11.6 Å². The summed E-state index contributed by atoms with van der Waals surface area (Å²) in [5.74, 6) is -0.789. The summed E-state index contributed by atoms with van der Waals surface area (Å²) in [7, 11) is 0. The minimum absolute atomic E-state index is 0.150. The SMILES string of the molecule is CCOC(=O)CNC(=O)c1ccc2c(Cl)c3c(nc2c1)CCCC3. The van der Waals surface area contributed by atoms with Gasteiger partial charge in [-0.25, -0.2) is 0 Å². The van der Waals surface area contributed by atoms with Gasteiger partial charge < -0.3 is 10.1 Å². The van der Waals surface area contributed by atoms with Crippen LogP contribution in [0, 0.1) is 0 Å². The number of nitrogens with one attached hydrogen (secondary N) is 1. The molecule has 0 fully saturated rings. The molecule has 3 rings (SSSR count). The zero-order valence-electron chi connectivity index (χ0n) is 13.5. The van der Waals surface area contributed by atoms with Crippen molar-refractivity contribution in [3.63, 3.8) is 0 Å². The van der Waals surface area contributed by atoms with Crippen molar-refractivity contribution in [2.75, 3.05) is 13.2 Å². The molecule has 0 bridgehead atoms. The third kappa shape index (κ3) is 3.36. The lowest BCUT2D eigenvalue weighted by Gasteiger charge is -2.18.